The number of hydrogen-bond donors (Lipinski definition) is 2. The highest BCUT2D eigenvalue weighted by atomic mass is 35.5. The quantitative estimate of drug-likeness (QED) is 0.334. The van der Waals surface area contributed by atoms with Crippen LogP contribution in [0.1, 0.15) is 36.7 Å². The number of imidazole rings is 1. The third-order valence-corrected chi connectivity index (χ3v) is 6.45. The van der Waals surface area contributed by atoms with Crippen molar-refractivity contribution < 1.29 is 14.1 Å². The predicted molar refractivity (Wildman–Crippen MR) is 119 cm³/mol. The van der Waals surface area contributed by atoms with Gasteiger partial charge < -0.3 is 15.6 Å². The molecule has 2 aromatic heterocycles. The highest BCUT2D eigenvalue weighted by Gasteiger charge is 2.42. The Labute approximate surface area is 192 Å². The first-order valence-electron chi connectivity index (χ1n) is 10.3. The van der Waals surface area contributed by atoms with Crippen LogP contribution in [0.15, 0.2) is 42.9 Å². The maximum atomic E-state index is 14.7. The van der Waals surface area contributed by atoms with Gasteiger partial charge in [0.25, 0.3) is 5.69 Å². The fourth-order valence-electron chi connectivity index (χ4n) is 4.69. The number of aromatic nitrogens is 3. The Morgan fingerprint density at radius 2 is 2.09 bits per heavy atom. The Morgan fingerprint density at radius 1 is 1.27 bits per heavy atom. The molecular weight excluding hydrogens is 451 g/mol. The van der Waals surface area contributed by atoms with Crippen LogP contribution in [0, 0.1) is 15.9 Å². The lowest BCUT2D eigenvalue weighted by Crippen LogP contribution is -2.39. The van der Waals surface area contributed by atoms with Crippen LogP contribution in [0.3, 0.4) is 0 Å². The molecule has 0 bridgehead atoms. The smallest absolute Gasteiger partial charge is 0.296 e. The van der Waals surface area contributed by atoms with Gasteiger partial charge in [-0.1, -0.05) is 11.6 Å². The first kappa shape index (κ1) is 21.1. The molecule has 0 saturated carbocycles. The first-order chi connectivity index (χ1) is 15.8. The number of benzene rings is 1. The molecule has 2 aliphatic heterocycles. The molecular formula is C22H18ClFN6O3. The van der Waals surface area contributed by atoms with Crippen molar-refractivity contribution in [1.29, 1.82) is 0 Å². The second kappa shape index (κ2) is 7.96. The summed E-state index contributed by atoms with van der Waals surface area (Å²) in [6, 6.07) is 3.98. The van der Waals surface area contributed by atoms with Gasteiger partial charge in [0.1, 0.15) is 12.0 Å². The SMILES string of the molecule is Nc1ccc(Cl)c(F)c1C1=CC(=O)N2C(CC[C@H]2c2ncc(-c3ccncc3[N+](=O)[O-])[nH]2)C1. The zero-order valence-corrected chi connectivity index (χ0v) is 17.9. The summed E-state index contributed by atoms with van der Waals surface area (Å²) in [7, 11) is 0. The molecule has 1 saturated heterocycles. The molecule has 9 nitrogen and oxygen atoms in total. The van der Waals surface area contributed by atoms with Crippen molar-refractivity contribution in [2.75, 3.05) is 5.73 Å². The van der Waals surface area contributed by atoms with Gasteiger partial charge in [-0.15, -0.1) is 0 Å². The minimum absolute atomic E-state index is 0.0485. The van der Waals surface area contributed by atoms with Gasteiger partial charge in [0.2, 0.25) is 5.91 Å². The highest BCUT2D eigenvalue weighted by Crippen LogP contribution is 2.44. The zero-order chi connectivity index (χ0) is 23.3. The summed E-state index contributed by atoms with van der Waals surface area (Å²) < 4.78 is 14.7. The monoisotopic (exact) mass is 468 g/mol. The maximum absolute atomic E-state index is 14.7. The number of nitrogen functional groups attached to an aromatic ring is 1. The standard InChI is InChI=1S/C22H18ClFN6O3/c23-14-2-3-15(25)20(21(14)24)11-7-12-1-4-17(29(12)19(31)8-11)22-27-9-16(28-22)13-5-6-26-10-18(13)30(32)33/h2-3,5-6,8-10,12,17H,1,4,7,25H2,(H,27,28)/t12?,17-/m0/s1. The zero-order valence-electron chi connectivity index (χ0n) is 17.2. The van der Waals surface area contributed by atoms with E-state index in [-0.39, 0.29) is 40.0 Å². The molecule has 3 aromatic rings. The lowest BCUT2D eigenvalue weighted by molar-refractivity contribution is -0.384. The van der Waals surface area contributed by atoms with E-state index in [9.17, 15) is 19.3 Å². The number of hydrogen-bond acceptors (Lipinski definition) is 6. The average Bonchev–Trinajstić information content (AvgIpc) is 3.44. The number of nitro groups is 1. The Balaban J connectivity index is 1.45. The molecule has 1 amide bonds. The van der Waals surface area contributed by atoms with Crippen LogP contribution in [0.4, 0.5) is 15.8 Å². The molecule has 0 radical (unpaired) electrons. The van der Waals surface area contributed by atoms with Gasteiger partial charge in [-0.25, -0.2) is 9.37 Å². The van der Waals surface area contributed by atoms with Crippen molar-refractivity contribution in [2.45, 2.75) is 31.3 Å². The number of aromatic amines is 1. The number of nitrogens with one attached hydrogen (secondary N) is 1. The first-order valence-corrected chi connectivity index (χ1v) is 10.6. The molecule has 1 unspecified atom stereocenters. The van der Waals surface area contributed by atoms with Crippen molar-refractivity contribution in [3.63, 3.8) is 0 Å². The summed E-state index contributed by atoms with van der Waals surface area (Å²) in [5, 5.41) is 11.3. The van der Waals surface area contributed by atoms with E-state index in [2.05, 4.69) is 15.0 Å². The van der Waals surface area contributed by atoms with E-state index in [4.69, 9.17) is 17.3 Å². The van der Waals surface area contributed by atoms with E-state index in [0.29, 0.717) is 41.9 Å². The van der Waals surface area contributed by atoms with Crippen molar-refractivity contribution >= 4 is 34.5 Å². The molecule has 33 heavy (non-hydrogen) atoms. The number of anilines is 1. The van der Waals surface area contributed by atoms with Gasteiger partial charge in [0.15, 0.2) is 5.82 Å². The molecule has 5 rings (SSSR count). The Morgan fingerprint density at radius 3 is 2.88 bits per heavy atom. The minimum Gasteiger partial charge on any atom is -0.398 e. The van der Waals surface area contributed by atoms with E-state index in [1.165, 1.54) is 42.9 Å². The summed E-state index contributed by atoms with van der Waals surface area (Å²) in [5.41, 5.74) is 7.60. The van der Waals surface area contributed by atoms with E-state index in [0.717, 1.165) is 0 Å². The lowest BCUT2D eigenvalue weighted by Gasteiger charge is -2.33. The average molecular weight is 469 g/mol. The Kier molecular flexibility index (Phi) is 5.09. The summed E-state index contributed by atoms with van der Waals surface area (Å²) >= 11 is 5.93. The van der Waals surface area contributed by atoms with E-state index >= 15 is 0 Å². The Bertz CT molecular complexity index is 1320. The number of nitrogens with zero attached hydrogens (tertiary/aromatic N) is 4. The summed E-state index contributed by atoms with van der Waals surface area (Å²) in [6.45, 7) is 0. The van der Waals surface area contributed by atoms with Crippen LogP contribution in [-0.2, 0) is 4.79 Å². The summed E-state index contributed by atoms with van der Waals surface area (Å²) in [6.07, 6.45) is 7.35. The summed E-state index contributed by atoms with van der Waals surface area (Å²) in [5.74, 6) is -0.360. The number of nitrogens with two attached hydrogens (primary N) is 1. The fraction of sp³-hybridized carbons (Fsp3) is 0.227. The number of fused-ring (bicyclic) bond motifs is 1. The molecule has 0 spiro atoms. The molecule has 4 heterocycles. The number of H-pyrrole nitrogens is 1. The maximum Gasteiger partial charge on any atom is 0.296 e. The number of carbonyl (C=O) groups is 1. The van der Waals surface area contributed by atoms with E-state index < -0.39 is 10.7 Å². The molecule has 1 fully saturated rings. The molecule has 2 aliphatic rings. The van der Waals surface area contributed by atoms with Crippen LogP contribution >= 0.6 is 11.6 Å². The molecule has 0 aliphatic carbocycles. The summed E-state index contributed by atoms with van der Waals surface area (Å²) in [4.78, 5) is 37.0. The number of amides is 1. The van der Waals surface area contributed by atoms with Crippen molar-refractivity contribution in [2.24, 2.45) is 0 Å². The third kappa shape index (κ3) is 3.52. The molecule has 168 valence electrons. The molecule has 1 aromatic carbocycles. The Hall–Kier alpha value is -3.79. The van der Waals surface area contributed by atoms with Crippen molar-refractivity contribution in [3.05, 3.63) is 75.2 Å². The lowest BCUT2D eigenvalue weighted by atomic mass is 9.92. The van der Waals surface area contributed by atoms with Gasteiger partial charge in [-0.2, -0.15) is 0 Å². The number of pyridine rings is 1. The minimum atomic E-state index is -0.631. The van der Waals surface area contributed by atoms with E-state index in [1.807, 2.05) is 0 Å². The van der Waals surface area contributed by atoms with Gasteiger partial charge in [-0.05, 0) is 43.0 Å². The van der Waals surface area contributed by atoms with Crippen LogP contribution < -0.4 is 5.73 Å². The third-order valence-electron chi connectivity index (χ3n) is 6.16. The molecule has 2 atom stereocenters. The van der Waals surface area contributed by atoms with Crippen LogP contribution in [0.25, 0.3) is 16.8 Å². The number of carbonyl (C=O) groups excluding carboxylic acids is 1. The second-order valence-electron chi connectivity index (χ2n) is 8.02. The second-order valence-corrected chi connectivity index (χ2v) is 8.43. The fourth-order valence-corrected chi connectivity index (χ4v) is 4.85. The van der Waals surface area contributed by atoms with E-state index in [1.54, 1.807) is 4.90 Å². The normalized spacial score (nSPS) is 20.0. The van der Waals surface area contributed by atoms with Crippen LogP contribution in [0.5, 0.6) is 0 Å². The van der Waals surface area contributed by atoms with Gasteiger partial charge >= 0.3 is 0 Å². The van der Waals surface area contributed by atoms with Gasteiger partial charge in [-0.3, -0.25) is 19.9 Å². The molecule has 11 heteroatoms. The highest BCUT2D eigenvalue weighted by molar-refractivity contribution is 6.31. The van der Waals surface area contributed by atoms with Crippen molar-refractivity contribution in [1.82, 2.24) is 19.9 Å². The van der Waals surface area contributed by atoms with Crippen LogP contribution in [0.2, 0.25) is 5.02 Å². The predicted octanol–water partition coefficient (Wildman–Crippen LogP) is 4.27. The largest absolute Gasteiger partial charge is 0.398 e. The van der Waals surface area contributed by atoms with Crippen LogP contribution in [-0.4, -0.2) is 36.7 Å². The topological polar surface area (TPSA) is 131 Å². The van der Waals surface area contributed by atoms with Gasteiger partial charge in [0, 0.05) is 29.6 Å². The van der Waals surface area contributed by atoms with Crippen molar-refractivity contribution in [3.8, 4) is 11.3 Å². The number of rotatable bonds is 4. The molecule has 3 N–H and O–H groups in total. The number of halogens is 2. The van der Waals surface area contributed by atoms with Gasteiger partial charge in [0.05, 0.1) is 33.4 Å².